The lowest BCUT2D eigenvalue weighted by Crippen LogP contribution is -2.21. The second-order valence-corrected chi connectivity index (χ2v) is 6.37. The van der Waals surface area contributed by atoms with E-state index in [1.54, 1.807) is 7.11 Å². The molecule has 0 amide bonds. The van der Waals surface area contributed by atoms with Crippen molar-refractivity contribution in [2.45, 2.75) is 44.9 Å². The molecule has 108 valence electrons. The van der Waals surface area contributed by atoms with Crippen LogP contribution in [0.1, 0.15) is 49.7 Å². The fourth-order valence-corrected chi connectivity index (χ4v) is 4.15. The van der Waals surface area contributed by atoms with E-state index in [1.807, 2.05) is 6.07 Å². The van der Waals surface area contributed by atoms with Crippen LogP contribution in [0.2, 0.25) is 0 Å². The van der Waals surface area contributed by atoms with E-state index in [9.17, 15) is 5.11 Å². The van der Waals surface area contributed by atoms with Gasteiger partial charge in [0.15, 0.2) is 11.5 Å². The van der Waals surface area contributed by atoms with Gasteiger partial charge in [-0.05, 0) is 73.1 Å². The van der Waals surface area contributed by atoms with E-state index in [0.29, 0.717) is 23.5 Å². The first-order valence-electron chi connectivity index (χ1n) is 7.69. The molecule has 20 heavy (non-hydrogen) atoms. The zero-order valence-corrected chi connectivity index (χ0v) is 12.5. The Morgan fingerprint density at radius 3 is 2.70 bits per heavy atom. The summed E-state index contributed by atoms with van der Waals surface area (Å²) in [6.07, 6.45) is 5.98. The van der Waals surface area contributed by atoms with Crippen LogP contribution in [-0.2, 0) is 6.42 Å². The van der Waals surface area contributed by atoms with E-state index in [0.717, 1.165) is 6.42 Å². The molecule has 1 N–H and O–H groups in total. The van der Waals surface area contributed by atoms with Crippen molar-refractivity contribution in [3.05, 3.63) is 35.4 Å². The summed E-state index contributed by atoms with van der Waals surface area (Å²) in [4.78, 5) is 0. The summed E-state index contributed by atoms with van der Waals surface area (Å²) >= 11 is 0. The zero-order chi connectivity index (χ0) is 14.3. The molecule has 1 fully saturated rings. The third-order valence-electron chi connectivity index (χ3n) is 5.40. The van der Waals surface area contributed by atoms with Gasteiger partial charge in [-0.15, -0.1) is 0 Å². The van der Waals surface area contributed by atoms with E-state index in [4.69, 9.17) is 4.74 Å². The number of hydrogen-bond donors (Lipinski definition) is 1. The van der Waals surface area contributed by atoms with Crippen molar-refractivity contribution in [1.82, 2.24) is 0 Å². The van der Waals surface area contributed by atoms with Crippen molar-refractivity contribution >= 4 is 0 Å². The molecule has 3 unspecified atom stereocenters. The van der Waals surface area contributed by atoms with Gasteiger partial charge in [0.1, 0.15) is 0 Å². The maximum absolute atomic E-state index is 9.97. The Hall–Kier alpha value is -1.44. The molecule has 0 aliphatic heterocycles. The highest BCUT2D eigenvalue weighted by molar-refractivity contribution is 5.49. The predicted octanol–water partition coefficient (Wildman–Crippen LogP) is 4.42. The van der Waals surface area contributed by atoms with Gasteiger partial charge < -0.3 is 9.84 Å². The molecule has 3 atom stereocenters. The second kappa shape index (κ2) is 5.16. The molecule has 2 aliphatic carbocycles. The molecule has 2 heteroatoms. The van der Waals surface area contributed by atoms with Gasteiger partial charge in [0.05, 0.1) is 7.11 Å². The number of fused-ring (bicyclic) bond motifs is 1. The first-order chi connectivity index (χ1) is 9.61. The van der Waals surface area contributed by atoms with Gasteiger partial charge in [-0.3, -0.25) is 0 Å². The van der Waals surface area contributed by atoms with Crippen LogP contribution in [-0.4, -0.2) is 12.2 Å². The fraction of sp³-hybridized carbons (Fsp3) is 0.556. The summed E-state index contributed by atoms with van der Waals surface area (Å²) in [6.45, 7) is 6.54. The lowest BCUT2D eigenvalue weighted by atomic mass is 9.72. The van der Waals surface area contributed by atoms with Gasteiger partial charge in [-0.2, -0.15) is 0 Å². The lowest BCUT2D eigenvalue weighted by molar-refractivity contribution is 0.327. The minimum absolute atomic E-state index is 0.274. The van der Waals surface area contributed by atoms with E-state index in [-0.39, 0.29) is 5.75 Å². The number of phenols is 1. The molecule has 1 aromatic rings. The van der Waals surface area contributed by atoms with Crippen molar-refractivity contribution in [1.29, 1.82) is 0 Å². The summed E-state index contributed by atoms with van der Waals surface area (Å²) < 4.78 is 5.30. The zero-order valence-electron chi connectivity index (χ0n) is 12.5. The molecule has 2 aliphatic rings. The molecule has 0 spiro atoms. The Balaban J connectivity index is 1.99. The van der Waals surface area contributed by atoms with Crippen LogP contribution in [0.4, 0.5) is 0 Å². The number of aromatic hydroxyl groups is 1. The summed E-state index contributed by atoms with van der Waals surface area (Å²) in [5.41, 5.74) is 4.12. The highest BCUT2D eigenvalue weighted by Gasteiger charge is 2.36. The molecule has 1 aromatic carbocycles. The van der Waals surface area contributed by atoms with Crippen LogP contribution in [0.15, 0.2) is 24.3 Å². The summed E-state index contributed by atoms with van der Waals surface area (Å²) in [6, 6.07) is 3.98. The Kier molecular flexibility index (Phi) is 3.49. The van der Waals surface area contributed by atoms with Crippen molar-refractivity contribution in [3.8, 4) is 11.5 Å². The smallest absolute Gasteiger partial charge is 0.160 e. The Morgan fingerprint density at radius 1 is 1.25 bits per heavy atom. The van der Waals surface area contributed by atoms with Crippen LogP contribution in [0.3, 0.4) is 0 Å². The molecule has 3 rings (SSSR count). The molecule has 0 aromatic heterocycles. The number of rotatable bonds is 2. The standard InChI is InChI=1S/C18H24O2/c1-11-7-8-14(12(11)2)15-6-4-5-13-9-17(19)18(20-3)10-16(13)15/h9-10,12,14-15,19H,1,4-8H2,2-3H3. The molecule has 0 radical (unpaired) electrons. The third kappa shape index (κ3) is 2.11. The highest BCUT2D eigenvalue weighted by atomic mass is 16.5. The van der Waals surface area contributed by atoms with E-state index in [2.05, 4.69) is 19.6 Å². The molecular weight excluding hydrogens is 248 g/mol. The van der Waals surface area contributed by atoms with Crippen molar-refractivity contribution in [2.75, 3.05) is 7.11 Å². The summed E-state index contributed by atoms with van der Waals surface area (Å²) in [5.74, 6) is 2.81. The third-order valence-corrected chi connectivity index (χ3v) is 5.40. The fourth-order valence-electron chi connectivity index (χ4n) is 4.15. The van der Waals surface area contributed by atoms with Crippen LogP contribution in [0.25, 0.3) is 0 Å². The van der Waals surface area contributed by atoms with E-state index >= 15 is 0 Å². The maximum Gasteiger partial charge on any atom is 0.160 e. The minimum Gasteiger partial charge on any atom is -0.504 e. The monoisotopic (exact) mass is 272 g/mol. The van der Waals surface area contributed by atoms with Gasteiger partial charge in [0.25, 0.3) is 0 Å². The Labute approximate surface area is 121 Å². The largest absolute Gasteiger partial charge is 0.504 e. The predicted molar refractivity (Wildman–Crippen MR) is 81.4 cm³/mol. The minimum atomic E-state index is 0.274. The SMILES string of the molecule is C=C1CCC(C2CCCc3cc(O)c(OC)cc32)C1C. The number of aryl methyl sites for hydroxylation is 1. The summed E-state index contributed by atoms with van der Waals surface area (Å²) in [5, 5.41) is 9.97. The number of benzene rings is 1. The van der Waals surface area contributed by atoms with Crippen molar-refractivity contribution < 1.29 is 9.84 Å². The molecule has 0 heterocycles. The highest BCUT2D eigenvalue weighted by Crippen LogP contribution is 2.49. The number of phenolic OH excluding ortho intramolecular Hbond substituents is 1. The number of allylic oxidation sites excluding steroid dienone is 1. The topological polar surface area (TPSA) is 29.5 Å². The average molecular weight is 272 g/mol. The van der Waals surface area contributed by atoms with Crippen LogP contribution < -0.4 is 4.74 Å². The van der Waals surface area contributed by atoms with Crippen LogP contribution >= 0.6 is 0 Å². The summed E-state index contributed by atoms with van der Waals surface area (Å²) in [7, 11) is 1.62. The van der Waals surface area contributed by atoms with E-state index in [1.165, 1.54) is 42.4 Å². The quantitative estimate of drug-likeness (QED) is 0.807. The average Bonchev–Trinajstić information content (AvgIpc) is 2.77. The normalized spacial score (nSPS) is 29.3. The first-order valence-corrected chi connectivity index (χ1v) is 7.69. The van der Waals surface area contributed by atoms with Gasteiger partial charge in [-0.25, -0.2) is 0 Å². The Bertz CT molecular complexity index is 532. The maximum atomic E-state index is 9.97. The van der Waals surface area contributed by atoms with Gasteiger partial charge in [0.2, 0.25) is 0 Å². The van der Waals surface area contributed by atoms with Crippen LogP contribution in [0, 0.1) is 11.8 Å². The number of ether oxygens (including phenoxy) is 1. The lowest BCUT2D eigenvalue weighted by Gasteiger charge is -2.33. The number of hydrogen-bond acceptors (Lipinski definition) is 2. The molecule has 0 bridgehead atoms. The van der Waals surface area contributed by atoms with E-state index < -0.39 is 0 Å². The second-order valence-electron chi connectivity index (χ2n) is 6.37. The van der Waals surface area contributed by atoms with Crippen molar-refractivity contribution in [2.24, 2.45) is 11.8 Å². The molecule has 2 nitrogen and oxygen atoms in total. The first kappa shape index (κ1) is 13.5. The van der Waals surface area contributed by atoms with Gasteiger partial charge >= 0.3 is 0 Å². The van der Waals surface area contributed by atoms with Crippen LogP contribution in [0.5, 0.6) is 11.5 Å². The van der Waals surface area contributed by atoms with Crippen molar-refractivity contribution in [3.63, 3.8) is 0 Å². The van der Waals surface area contributed by atoms with Gasteiger partial charge in [0, 0.05) is 0 Å². The molecule has 0 saturated heterocycles. The molecular formula is C18H24O2. The number of methoxy groups -OCH3 is 1. The Morgan fingerprint density at radius 2 is 2.05 bits per heavy atom. The van der Waals surface area contributed by atoms with Gasteiger partial charge in [-0.1, -0.05) is 19.1 Å². The molecule has 1 saturated carbocycles.